The first kappa shape index (κ1) is 19.0. The van der Waals surface area contributed by atoms with Crippen molar-refractivity contribution in [3.63, 3.8) is 0 Å². The molecule has 0 unspecified atom stereocenters. The van der Waals surface area contributed by atoms with Crippen molar-refractivity contribution in [2.75, 3.05) is 16.0 Å². The highest BCUT2D eigenvalue weighted by atomic mass is 19.3. The summed E-state index contributed by atoms with van der Waals surface area (Å²) in [6, 6.07) is 16.9. The number of hydrogen-bond donors (Lipinski definition) is 3. The van der Waals surface area contributed by atoms with Gasteiger partial charge in [0, 0.05) is 22.8 Å². The lowest BCUT2D eigenvalue weighted by Crippen LogP contribution is -2.20. The Labute approximate surface area is 177 Å². The number of nitrogens with zero attached hydrogens (tertiary/aromatic N) is 2. The second kappa shape index (κ2) is 7.71. The lowest BCUT2D eigenvalue weighted by atomic mass is 10.2. The van der Waals surface area contributed by atoms with Crippen LogP contribution in [0, 0.1) is 0 Å². The number of rotatable bonds is 5. The zero-order valence-corrected chi connectivity index (χ0v) is 16.4. The van der Waals surface area contributed by atoms with Crippen LogP contribution in [-0.4, -0.2) is 22.1 Å². The highest BCUT2D eigenvalue weighted by molar-refractivity contribution is 6.08. The summed E-state index contributed by atoms with van der Waals surface area (Å²) in [5.74, 6) is -0.176. The van der Waals surface area contributed by atoms with Crippen molar-refractivity contribution < 1.29 is 13.6 Å². The van der Waals surface area contributed by atoms with E-state index in [0.717, 1.165) is 34.5 Å². The van der Waals surface area contributed by atoms with Gasteiger partial charge in [0.25, 0.3) is 12.3 Å². The number of nitrogens with one attached hydrogen (secondary N) is 3. The number of aromatic nitrogens is 2. The van der Waals surface area contributed by atoms with Gasteiger partial charge >= 0.3 is 0 Å². The summed E-state index contributed by atoms with van der Waals surface area (Å²) < 4.78 is 28.2. The predicted molar refractivity (Wildman–Crippen MR) is 117 cm³/mol. The van der Waals surface area contributed by atoms with E-state index in [-0.39, 0.29) is 17.1 Å². The monoisotopic (exact) mass is 419 g/mol. The highest BCUT2D eigenvalue weighted by Crippen LogP contribution is 2.38. The molecule has 156 valence electrons. The molecule has 2 aliphatic rings. The number of para-hydroxylation sites is 1. The van der Waals surface area contributed by atoms with E-state index in [1.54, 1.807) is 12.1 Å². The number of alkyl halides is 2. The van der Waals surface area contributed by atoms with E-state index in [9.17, 15) is 13.6 Å². The van der Waals surface area contributed by atoms with Gasteiger partial charge in [-0.25, -0.2) is 13.5 Å². The molecule has 3 N–H and O–H groups in total. The minimum absolute atomic E-state index is 0.200. The van der Waals surface area contributed by atoms with Crippen LogP contribution >= 0.6 is 0 Å². The van der Waals surface area contributed by atoms with E-state index in [0.29, 0.717) is 11.4 Å². The maximum atomic E-state index is 13.5. The molecular formula is C23H19F2N5O. The maximum absolute atomic E-state index is 13.5. The number of amides is 1. The molecule has 0 atom stereocenters. The molecule has 8 heteroatoms. The number of allylic oxidation sites excluding steroid dienone is 3. The third-order valence-corrected chi connectivity index (χ3v) is 5.09. The van der Waals surface area contributed by atoms with E-state index in [2.05, 4.69) is 21.0 Å². The molecule has 0 spiro atoms. The Morgan fingerprint density at radius 2 is 1.77 bits per heavy atom. The Morgan fingerprint density at radius 3 is 2.52 bits per heavy atom. The zero-order valence-electron chi connectivity index (χ0n) is 16.4. The first-order chi connectivity index (χ1) is 15.1. The SMILES string of the molecule is O=C(Nc1cccc(Nc2ccccc2)c1)c1cnn2c1NC(=C1CC1)C=C2C(F)F. The van der Waals surface area contributed by atoms with E-state index in [1.165, 1.54) is 12.3 Å². The molecule has 2 aromatic carbocycles. The molecule has 1 aromatic heterocycles. The number of fused-ring (bicyclic) bond motifs is 1. The van der Waals surface area contributed by atoms with Gasteiger partial charge in [0.1, 0.15) is 17.1 Å². The summed E-state index contributed by atoms with van der Waals surface area (Å²) in [4.78, 5) is 12.9. The molecule has 0 radical (unpaired) electrons. The largest absolute Gasteiger partial charge is 0.355 e. The van der Waals surface area contributed by atoms with Gasteiger partial charge in [-0.3, -0.25) is 4.79 Å². The molecule has 3 aromatic rings. The normalized spacial score (nSPS) is 14.6. The number of carbonyl (C=O) groups excluding carboxylic acids is 1. The molecule has 31 heavy (non-hydrogen) atoms. The Hall–Kier alpha value is -3.94. The summed E-state index contributed by atoms with van der Waals surface area (Å²) in [6.07, 6.45) is 1.75. The fraction of sp³-hybridized carbons (Fsp3) is 0.130. The van der Waals surface area contributed by atoms with Gasteiger partial charge in [-0.2, -0.15) is 5.10 Å². The molecule has 0 saturated heterocycles. The summed E-state index contributed by atoms with van der Waals surface area (Å²) >= 11 is 0. The predicted octanol–water partition coefficient (Wildman–Crippen LogP) is 5.46. The van der Waals surface area contributed by atoms with Gasteiger partial charge in [0.05, 0.1) is 6.20 Å². The topological polar surface area (TPSA) is 71.0 Å². The number of halogens is 2. The fourth-order valence-corrected chi connectivity index (χ4v) is 3.44. The standard InChI is InChI=1S/C23H19F2N5O/c24-21(25)20-12-19(14-9-10-14)29-22-18(13-26-30(20)22)23(31)28-17-8-4-7-16(11-17)27-15-5-2-1-3-6-15/h1-8,11-13,21,27,29H,9-10H2,(H,28,31). The minimum atomic E-state index is -2.70. The van der Waals surface area contributed by atoms with Crippen molar-refractivity contribution in [2.24, 2.45) is 0 Å². The van der Waals surface area contributed by atoms with Gasteiger partial charge in [0.15, 0.2) is 0 Å². The van der Waals surface area contributed by atoms with Crippen LogP contribution in [0.15, 0.2) is 78.1 Å². The molecule has 1 aliphatic heterocycles. The van der Waals surface area contributed by atoms with Gasteiger partial charge in [-0.05, 0) is 54.8 Å². The highest BCUT2D eigenvalue weighted by Gasteiger charge is 2.30. The Balaban J connectivity index is 1.39. The van der Waals surface area contributed by atoms with E-state index in [4.69, 9.17) is 0 Å². The lowest BCUT2D eigenvalue weighted by molar-refractivity contribution is 0.102. The first-order valence-corrected chi connectivity index (χ1v) is 9.89. The second-order valence-corrected chi connectivity index (χ2v) is 7.36. The third kappa shape index (κ3) is 3.92. The minimum Gasteiger partial charge on any atom is -0.355 e. The Bertz CT molecular complexity index is 1210. The van der Waals surface area contributed by atoms with Crippen LogP contribution < -0.4 is 16.0 Å². The molecule has 1 fully saturated rings. The van der Waals surface area contributed by atoms with Crippen LogP contribution in [0.4, 0.5) is 31.7 Å². The van der Waals surface area contributed by atoms with Gasteiger partial charge < -0.3 is 16.0 Å². The first-order valence-electron chi connectivity index (χ1n) is 9.89. The van der Waals surface area contributed by atoms with Gasteiger partial charge in [-0.15, -0.1) is 0 Å². The molecule has 1 saturated carbocycles. The van der Waals surface area contributed by atoms with Crippen LogP contribution in [0.1, 0.15) is 23.2 Å². The number of benzene rings is 2. The summed E-state index contributed by atoms with van der Waals surface area (Å²) in [5.41, 5.74) is 3.97. The van der Waals surface area contributed by atoms with Crippen molar-refractivity contribution in [3.8, 4) is 0 Å². The van der Waals surface area contributed by atoms with Crippen LogP contribution in [0.5, 0.6) is 0 Å². The third-order valence-electron chi connectivity index (χ3n) is 5.09. The average Bonchev–Trinajstić information content (AvgIpc) is 3.53. The van der Waals surface area contributed by atoms with Crippen LogP contribution in [0.3, 0.4) is 0 Å². The Kier molecular flexibility index (Phi) is 4.74. The number of hydrogen-bond acceptors (Lipinski definition) is 4. The smallest absolute Gasteiger partial charge is 0.280 e. The van der Waals surface area contributed by atoms with Gasteiger partial charge in [-0.1, -0.05) is 24.3 Å². The summed E-state index contributed by atoms with van der Waals surface area (Å²) in [6.45, 7) is 0. The summed E-state index contributed by atoms with van der Waals surface area (Å²) in [7, 11) is 0. The van der Waals surface area contributed by atoms with E-state index < -0.39 is 12.3 Å². The maximum Gasteiger partial charge on any atom is 0.280 e. The summed E-state index contributed by atoms with van der Waals surface area (Å²) in [5, 5.41) is 13.2. The van der Waals surface area contributed by atoms with Crippen molar-refractivity contribution in [2.45, 2.75) is 19.3 Å². The van der Waals surface area contributed by atoms with Crippen molar-refractivity contribution >= 4 is 34.5 Å². The van der Waals surface area contributed by atoms with Crippen molar-refractivity contribution in [1.82, 2.24) is 9.78 Å². The fourth-order valence-electron chi connectivity index (χ4n) is 3.44. The van der Waals surface area contributed by atoms with Crippen molar-refractivity contribution in [3.05, 3.63) is 83.7 Å². The van der Waals surface area contributed by atoms with Gasteiger partial charge in [0.2, 0.25) is 0 Å². The molecule has 5 rings (SSSR count). The zero-order chi connectivity index (χ0) is 21.4. The number of anilines is 4. The number of carbonyl (C=O) groups is 1. The molecule has 1 aliphatic carbocycles. The molecule has 6 nitrogen and oxygen atoms in total. The second-order valence-electron chi connectivity index (χ2n) is 7.36. The molecule has 2 heterocycles. The van der Waals surface area contributed by atoms with Crippen LogP contribution in [0.25, 0.3) is 5.70 Å². The van der Waals surface area contributed by atoms with Crippen molar-refractivity contribution in [1.29, 1.82) is 0 Å². The van der Waals surface area contributed by atoms with Crippen LogP contribution in [0.2, 0.25) is 0 Å². The molecule has 0 bridgehead atoms. The molecule has 1 amide bonds. The average molecular weight is 419 g/mol. The van der Waals surface area contributed by atoms with Crippen LogP contribution in [-0.2, 0) is 0 Å². The lowest BCUT2D eigenvalue weighted by Gasteiger charge is -2.20. The Morgan fingerprint density at radius 1 is 1.03 bits per heavy atom. The van der Waals surface area contributed by atoms with E-state index >= 15 is 0 Å². The van der Waals surface area contributed by atoms with E-state index in [1.807, 2.05) is 42.5 Å². The molecular weight excluding hydrogens is 400 g/mol. The quantitative estimate of drug-likeness (QED) is 0.514.